The van der Waals surface area contributed by atoms with Gasteiger partial charge in [0, 0.05) is 19.6 Å². The van der Waals surface area contributed by atoms with E-state index in [0.717, 1.165) is 37.2 Å². The van der Waals surface area contributed by atoms with E-state index in [1.807, 2.05) is 31.2 Å². The maximum absolute atomic E-state index is 13.8. The lowest BCUT2D eigenvalue weighted by Gasteiger charge is -2.29. The Labute approximate surface area is 171 Å². The first-order valence-electron chi connectivity index (χ1n) is 10.2. The number of hydrogen-bond donors (Lipinski definition) is 1. The van der Waals surface area contributed by atoms with Gasteiger partial charge in [-0.2, -0.15) is 0 Å². The van der Waals surface area contributed by atoms with Crippen LogP contribution in [0.4, 0.5) is 4.39 Å². The fourth-order valence-corrected chi connectivity index (χ4v) is 3.30. The highest BCUT2D eigenvalue weighted by atomic mass is 19.1. The molecule has 1 N–H and O–H groups in total. The lowest BCUT2D eigenvalue weighted by atomic mass is 10.1. The van der Waals surface area contributed by atoms with Gasteiger partial charge in [0.15, 0.2) is 17.7 Å². The van der Waals surface area contributed by atoms with E-state index in [1.165, 1.54) is 12.1 Å². The van der Waals surface area contributed by atoms with E-state index in [0.29, 0.717) is 13.0 Å². The number of ether oxygens (including phenoxy) is 2. The third-order valence-corrected chi connectivity index (χ3v) is 5.13. The Kier molecular flexibility index (Phi) is 7.47. The van der Waals surface area contributed by atoms with Crippen LogP contribution in [0.5, 0.6) is 11.5 Å². The highest BCUT2D eigenvalue weighted by Crippen LogP contribution is 2.20. The Morgan fingerprint density at radius 3 is 2.52 bits per heavy atom. The van der Waals surface area contributed by atoms with Gasteiger partial charge >= 0.3 is 0 Å². The molecule has 1 amide bonds. The van der Waals surface area contributed by atoms with Crippen molar-refractivity contribution in [1.82, 2.24) is 10.2 Å². The van der Waals surface area contributed by atoms with Crippen LogP contribution >= 0.6 is 0 Å². The molecule has 1 heterocycles. The molecule has 1 aliphatic heterocycles. The smallest absolute Gasteiger partial charge is 0.261 e. The van der Waals surface area contributed by atoms with Crippen molar-refractivity contribution in [2.45, 2.75) is 44.9 Å². The van der Waals surface area contributed by atoms with Gasteiger partial charge in [-0.1, -0.05) is 31.2 Å². The minimum atomic E-state index is -0.737. The number of amides is 1. The third-order valence-electron chi connectivity index (χ3n) is 5.13. The van der Waals surface area contributed by atoms with E-state index >= 15 is 0 Å². The second-order valence-corrected chi connectivity index (χ2v) is 7.43. The van der Waals surface area contributed by atoms with Crippen LogP contribution in [0.3, 0.4) is 0 Å². The van der Waals surface area contributed by atoms with E-state index in [4.69, 9.17) is 9.47 Å². The van der Waals surface area contributed by atoms with Crippen molar-refractivity contribution in [1.29, 1.82) is 0 Å². The maximum Gasteiger partial charge on any atom is 0.261 e. The molecule has 0 spiro atoms. The molecule has 1 saturated heterocycles. The molecule has 1 atom stereocenters. The monoisotopic (exact) mass is 400 g/mol. The summed E-state index contributed by atoms with van der Waals surface area (Å²) in [4.78, 5) is 14.7. The van der Waals surface area contributed by atoms with E-state index in [1.54, 1.807) is 12.1 Å². The molecule has 1 unspecified atom stereocenters. The number of rotatable bonds is 8. The van der Waals surface area contributed by atoms with Crippen molar-refractivity contribution in [2.75, 3.05) is 20.1 Å². The van der Waals surface area contributed by atoms with Gasteiger partial charge in [0.1, 0.15) is 11.9 Å². The predicted molar refractivity (Wildman–Crippen MR) is 111 cm³/mol. The Balaban J connectivity index is 1.48. The molecule has 2 aromatic carbocycles. The fourth-order valence-electron chi connectivity index (χ4n) is 3.30. The zero-order valence-electron chi connectivity index (χ0n) is 17.1. The van der Waals surface area contributed by atoms with Crippen LogP contribution in [0.2, 0.25) is 0 Å². The van der Waals surface area contributed by atoms with Crippen LogP contribution in [-0.2, 0) is 11.3 Å². The summed E-state index contributed by atoms with van der Waals surface area (Å²) < 4.78 is 25.3. The number of nitrogens with one attached hydrogen (secondary N) is 1. The number of halogens is 1. The third kappa shape index (κ3) is 6.19. The Hall–Kier alpha value is -2.60. The number of hydrogen-bond acceptors (Lipinski definition) is 4. The van der Waals surface area contributed by atoms with Gasteiger partial charge in [0.2, 0.25) is 0 Å². The van der Waals surface area contributed by atoms with Crippen molar-refractivity contribution >= 4 is 5.91 Å². The minimum Gasteiger partial charge on any atom is -0.490 e. The molecule has 0 aromatic heterocycles. The second-order valence-electron chi connectivity index (χ2n) is 7.43. The van der Waals surface area contributed by atoms with Gasteiger partial charge in [-0.05, 0) is 56.1 Å². The summed E-state index contributed by atoms with van der Waals surface area (Å²) in [6, 6.07) is 13.9. The van der Waals surface area contributed by atoms with Gasteiger partial charge in [-0.25, -0.2) is 4.39 Å². The highest BCUT2D eigenvalue weighted by Gasteiger charge is 2.20. The van der Waals surface area contributed by atoms with Crippen molar-refractivity contribution in [3.05, 3.63) is 59.9 Å². The number of benzene rings is 2. The van der Waals surface area contributed by atoms with Crippen LogP contribution in [0.25, 0.3) is 0 Å². The van der Waals surface area contributed by atoms with Crippen LogP contribution in [0, 0.1) is 5.82 Å². The number of carbonyl (C=O) groups is 1. The summed E-state index contributed by atoms with van der Waals surface area (Å²) in [7, 11) is 2.13. The Bertz CT molecular complexity index is 789. The van der Waals surface area contributed by atoms with Gasteiger partial charge in [-0.15, -0.1) is 0 Å². The van der Waals surface area contributed by atoms with Gasteiger partial charge in [0.25, 0.3) is 5.91 Å². The average molecular weight is 400 g/mol. The minimum absolute atomic E-state index is 0.0879. The Morgan fingerprint density at radius 2 is 1.86 bits per heavy atom. The summed E-state index contributed by atoms with van der Waals surface area (Å²) in [5.41, 5.74) is 0.967. The topological polar surface area (TPSA) is 50.8 Å². The molecule has 156 valence electrons. The number of likely N-dealkylation sites (tertiary alicyclic amines) is 1. The maximum atomic E-state index is 13.8. The first-order chi connectivity index (χ1) is 14.0. The molecule has 5 nitrogen and oxygen atoms in total. The van der Waals surface area contributed by atoms with E-state index in [9.17, 15) is 9.18 Å². The van der Waals surface area contributed by atoms with E-state index in [-0.39, 0.29) is 17.8 Å². The quantitative estimate of drug-likeness (QED) is 0.733. The molecule has 0 aliphatic carbocycles. The van der Waals surface area contributed by atoms with Crippen molar-refractivity contribution in [3.8, 4) is 11.5 Å². The molecule has 2 aromatic rings. The van der Waals surface area contributed by atoms with Crippen LogP contribution in [0.1, 0.15) is 31.7 Å². The van der Waals surface area contributed by atoms with Gasteiger partial charge in [0.05, 0.1) is 0 Å². The predicted octanol–water partition coefficient (Wildman–Crippen LogP) is 3.77. The van der Waals surface area contributed by atoms with Crippen LogP contribution < -0.4 is 14.8 Å². The van der Waals surface area contributed by atoms with Crippen molar-refractivity contribution in [3.63, 3.8) is 0 Å². The first-order valence-corrected chi connectivity index (χ1v) is 10.2. The normalized spacial score (nSPS) is 16.2. The first kappa shape index (κ1) is 21.1. The molecule has 29 heavy (non-hydrogen) atoms. The second kappa shape index (κ2) is 10.3. The summed E-state index contributed by atoms with van der Waals surface area (Å²) >= 11 is 0. The lowest BCUT2D eigenvalue weighted by Crippen LogP contribution is -2.37. The summed E-state index contributed by atoms with van der Waals surface area (Å²) in [5.74, 6) is 0.204. The number of carbonyl (C=O) groups excluding carboxylic acids is 1. The molecular formula is C23H29FN2O3. The molecule has 6 heteroatoms. The van der Waals surface area contributed by atoms with Crippen LogP contribution in [0.15, 0.2) is 48.5 Å². The largest absolute Gasteiger partial charge is 0.490 e. The molecule has 0 saturated carbocycles. The zero-order chi connectivity index (χ0) is 20.6. The molecule has 1 aliphatic rings. The number of piperidine rings is 1. The van der Waals surface area contributed by atoms with Gasteiger partial charge < -0.3 is 19.7 Å². The molecule has 1 fully saturated rings. The number of nitrogens with zero attached hydrogens (tertiary/aromatic N) is 1. The molecule has 3 rings (SSSR count). The van der Waals surface area contributed by atoms with Gasteiger partial charge in [-0.3, -0.25) is 4.79 Å². The van der Waals surface area contributed by atoms with Crippen LogP contribution in [-0.4, -0.2) is 43.2 Å². The zero-order valence-corrected chi connectivity index (χ0v) is 17.1. The van der Waals surface area contributed by atoms with E-state index < -0.39 is 11.9 Å². The molecule has 0 radical (unpaired) electrons. The molecular weight excluding hydrogens is 371 g/mol. The lowest BCUT2D eigenvalue weighted by molar-refractivity contribution is -0.128. The standard InChI is InChI=1S/C23H29FN2O3/c1-3-21(29-22-7-5-4-6-20(22)24)23(27)25-16-17-8-10-18(11-9-17)28-19-12-14-26(2)15-13-19/h4-11,19,21H,3,12-16H2,1-2H3,(H,25,27). The van der Waals surface area contributed by atoms with E-state index in [2.05, 4.69) is 17.3 Å². The fraction of sp³-hybridized carbons (Fsp3) is 0.435. The Morgan fingerprint density at radius 1 is 1.17 bits per heavy atom. The SMILES string of the molecule is CCC(Oc1ccccc1F)C(=O)NCc1ccc(OC2CCN(C)CC2)cc1. The number of para-hydroxylation sites is 1. The summed E-state index contributed by atoms with van der Waals surface area (Å²) in [5, 5.41) is 2.86. The molecule has 0 bridgehead atoms. The highest BCUT2D eigenvalue weighted by molar-refractivity contribution is 5.81. The summed E-state index contributed by atoms with van der Waals surface area (Å²) in [6.45, 7) is 4.33. The average Bonchev–Trinajstić information content (AvgIpc) is 2.74. The van der Waals surface area contributed by atoms with Crippen molar-refractivity contribution < 1.29 is 18.7 Å². The van der Waals surface area contributed by atoms with Crippen molar-refractivity contribution in [2.24, 2.45) is 0 Å². The summed E-state index contributed by atoms with van der Waals surface area (Å²) in [6.07, 6.45) is 2.05.